The fraction of sp³-hybridized carbons (Fsp3) is 0.632. The zero-order valence-electron chi connectivity index (χ0n) is 15.7. The highest BCUT2D eigenvalue weighted by molar-refractivity contribution is 7.89. The number of benzene rings is 1. The molecule has 1 saturated heterocycles. The number of likely N-dealkylation sites (tertiary alicyclic amines) is 1. The summed E-state index contributed by atoms with van der Waals surface area (Å²) in [5, 5.41) is 0. The Bertz CT molecular complexity index is 675. The maximum absolute atomic E-state index is 12.7. The van der Waals surface area contributed by atoms with Crippen LogP contribution in [0.2, 0.25) is 0 Å². The Hall–Kier alpha value is -1.40. The first-order valence-electron chi connectivity index (χ1n) is 9.12. The van der Waals surface area contributed by atoms with E-state index in [0.29, 0.717) is 12.3 Å². The van der Waals surface area contributed by atoms with Crippen LogP contribution in [0.4, 0.5) is 0 Å². The topological polar surface area (TPSA) is 66.5 Å². The smallest absolute Gasteiger partial charge is 0.241 e. The lowest BCUT2D eigenvalue weighted by Gasteiger charge is -2.25. The van der Waals surface area contributed by atoms with Crippen LogP contribution in [-0.2, 0) is 14.8 Å². The van der Waals surface area contributed by atoms with Crippen molar-refractivity contribution in [1.82, 2.24) is 9.62 Å². The number of hydrogen-bond acceptors (Lipinski definition) is 3. The van der Waals surface area contributed by atoms with E-state index in [1.54, 1.807) is 17.0 Å². The summed E-state index contributed by atoms with van der Waals surface area (Å²) in [6.07, 6.45) is 2.48. The molecular weight excluding hydrogens is 336 g/mol. The van der Waals surface area contributed by atoms with Gasteiger partial charge in [0.2, 0.25) is 15.9 Å². The molecule has 0 bridgehead atoms. The van der Waals surface area contributed by atoms with E-state index in [-0.39, 0.29) is 16.7 Å². The van der Waals surface area contributed by atoms with Gasteiger partial charge in [0.1, 0.15) is 6.04 Å². The van der Waals surface area contributed by atoms with Crippen LogP contribution in [0.1, 0.15) is 58.4 Å². The lowest BCUT2D eigenvalue weighted by atomic mass is 10.0. The van der Waals surface area contributed by atoms with Gasteiger partial charge < -0.3 is 4.90 Å². The molecule has 1 heterocycles. The van der Waals surface area contributed by atoms with Gasteiger partial charge in [-0.2, -0.15) is 4.72 Å². The first-order valence-corrected chi connectivity index (χ1v) is 10.6. The molecule has 5 nitrogen and oxygen atoms in total. The van der Waals surface area contributed by atoms with E-state index < -0.39 is 16.1 Å². The fourth-order valence-electron chi connectivity index (χ4n) is 3.12. The molecular formula is C19H30N2O3S. The predicted molar refractivity (Wildman–Crippen MR) is 99.9 cm³/mol. The summed E-state index contributed by atoms with van der Waals surface area (Å²) in [6, 6.07) is 6.19. The molecule has 1 aromatic rings. The van der Waals surface area contributed by atoms with Gasteiger partial charge in [0.05, 0.1) is 4.90 Å². The Kier molecular flexibility index (Phi) is 6.63. The van der Waals surface area contributed by atoms with E-state index in [0.717, 1.165) is 31.5 Å². The lowest BCUT2D eigenvalue weighted by Crippen LogP contribution is -2.48. The highest BCUT2D eigenvalue weighted by atomic mass is 32.2. The van der Waals surface area contributed by atoms with E-state index in [9.17, 15) is 13.2 Å². The second-order valence-electron chi connectivity index (χ2n) is 7.56. The maximum Gasteiger partial charge on any atom is 0.241 e. The first kappa shape index (κ1) is 19.9. The number of nitrogens with zero attached hydrogens (tertiary/aromatic N) is 1. The second-order valence-corrected chi connectivity index (χ2v) is 9.27. The molecule has 0 unspecified atom stereocenters. The van der Waals surface area contributed by atoms with Crippen LogP contribution in [0, 0.1) is 5.92 Å². The fourth-order valence-corrected chi connectivity index (χ4v) is 4.32. The third kappa shape index (κ3) is 5.28. The van der Waals surface area contributed by atoms with Crippen LogP contribution in [0.15, 0.2) is 29.2 Å². The van der Waals surface area contributed by atoms with Gasteiger partial charge in [0.15, 0.2) is 0 Å². The van der Waals surface area contributed by atoms with Crippen molar-refractivity contribution in [1.29, 1.82) is 0 Å². The van der Waals surface area contributed by atoms with E-state index in [1.807, 2.05) is 26.0 Å². The Morgan fingerprint density at radius 1 is 1.08 bits per heavy atom. The third-order valence-corrected chi connectivity index (χ3v) is 6.07. The van der Waals surface area contributed by atoms with Gasteiger partial charge in [-0.25, -0.2) is 8.42 Å². The average molecular weight is 367 g/mol. The van der Waals surface area contributed by atoms with Gasteiger partial charge in [-0.1, -0.05) is 39.8 Å². The van der Waals surface area contributed by atoms with Crippen LogP contribution in [-0.4, -0.2) is 38.4 Å². The molecule has 1 amide bonds. The molecule has 0 aliphatic carbocycles. The summed E-state index contributed by atoms with van der Waals surface area (Å²) in [5.74, 6) is 0.464. The average Bonchev–Trinajstić information content (AvgIpc) is 3.07. The molecule has 0 aromatic heterocycles. The Balaban J connectivity index is 2.18. The number of carbonyl (C=O) groups is 1. The zero-order chi connectivity index (χ0) is 18.6. The molecule has 1 aromatic carbocycles. The van der Waals surface area contributed by atoms with Crippen LogP contribution in [0.25, 0.3) is 0 Å². The van der Waals surface area contributed by atoms with Crippen molar-refractivity contribution >= 4 is 15.9 Å². The summed E-state index contributed by atoms with van der Waals surface area (Å²) in [7, 11) is -3.72. The summed E-state index contributed by atoms with van der Waals surface area (Å²) in [5.41, 5.74) is 1.09. The molecule has 25 heavy (non-hydrogen) atoms. The summed E-state index contributed by atoms with van der Waals surface area (Å²) in [6.45, 7) is 9.56. The van der Waals surface area contributed by atoms with Crippen molar-refractivity contribution in [2.45, 2.75) is 63.8 Å². The van der Waals surface area contributed by atoms with Gasteiger partial charge in [-0.05, 0) is 48.8 Å². The van der Waals surface area contributed by atoms with E-state index in [2.05, 4.69) is 18.6 Å². The molecule has 1 aliphatic heterocycles. The lowest BCUT2D eigenvalue weighted by molar-refractivity contribution is -0.132. The number of nitrogens with one attached hydrogen (secondary N) is 1. The minimum Gasteiger partial charge on any atom is -0.341 e. The van der Waals surface area contributed by atoms with Gasteiger partial charge in [-0.3, -0.25) is 4.79 Å². The van der Waals surface area contributed by atoms with Gasteiger partial charge in [-0.15, -0.1) is 0 Å². The molecule has 1 aliphatic rings. The highest BCUT2D eigenvalue weighted by Gasteiger charge is 2.31. The molecule has 1 N–H and O–H groups in total. The Labute approximate surface area is 151 Å². The summed E-state index contributed by atoms with van der Waals surface area (Å²) < 4.78 is 28.1. The van der Waals surface area contributed by atoms with Crippen molar-refractivity contribution in [3.8, 4) is 0 Å². The largest absolute Gasteiger partial charge is 0.341 e. The molecule has 1 atom stereocenters. The SMILES string of the molecule is CC(C)C[C@H](NS(=O)(=O)c1ccc(C(C)C)cc1)C(=O)N1CCCC1. The summed E-state index contributed by atoms with van der Waals surface area (Å²) in [4.78, 5) is 14.7. The Morgan fingerprint density at radius 3 is 2.12 bits per heavy atom. The maximum atomic E-state index is 12.7. The van der Waals surface area contributed by atoms with Gasteiger partial charge >= 0.3 is 0 Å². The second kappa shape index (κ2) is 8.32. The van der Waals surface area contributed by atoms with E-state index >= 15 is 0 Å². The summed E-state index contributed by atoms with van der Waals surface area (Å²) >= 11 is 0. The number of rotatable bonds is 7. The van der Waals surface area contributed by atoms with Crippen molar-refractivity contribution in [2.24, 2.45) is 5.92 Å². The van der Waals surface area contributed by atoms with Crippen molar-refractivity contribution in [2.75, 3.05) is 13.1 Å². The number of amides is 1. The third-order valence-electron chi connectivity index (χ3n) is 4.58. The monoisotopic (exact) mass is 366 g/mol. The number of hydrogen-bond donors (Lipinski definition) is 1. The standard InChI is InChI=1S/C19H30N2O3S/c1-14(2)13-18(19(22)21-11-5-6-12-21)20-25(23,24)17-9-7-16(8-10-17)15(3)4/h7-10,14-15,18,20H,5-6,11-13H2,1-4H3/t18-/m0/s1. The minimum atomic E-state index is -3.72. The molecule has 140 valence electrons. The highest BCUT2D eigenvalue weighted by Crippen LogP contribution is 2.19. The quantitative estimate of drug-likeness (QED) is 0.806. The molecule has 0 saturated carbocycles. The van der Waals surface area contributed by atoms with Gasteiger partial charge in [0.25, 0.3) is 0 Å². The molecule has 6 heteroatoms. The number of sulfonamides is 1. The Morgan fingerprint density at radius 2 is 1.64 bits per heavy atom. The molecule has 0 radical (unpaired) electrons. The minimum absolute atomic E-state index is 0.103. The first-order chi connectivity index (χ1) is 11.7. The molecule has 0 spiro atoms. The predicted octanol–water partition coefficient (Wildman–Crippen LogP) is 3.13. The normalized spacial score (nSPS) is 16.6. The van der Waals surface area contributed by atoms with Crippen LogP contribution < -0.4 is 4.72 Å². The van der Waals surface area contributed by atoms with Crippen molar-refractivity contribution in [3.63, 3.8) is 0 Å². The van der Waals surface area contributed by atoms with Crippen LogP contribution >= 0.6 is 0 Å². The number of carbonyl (C=O) groups excluding carboxylic acids is 1. The van der Waals surface area contributed by atoms with Gasteiger partial charge in [0, 0.05) is 13.1 Å². The van der Waals surface area contributed by atoms with Crippen molar-refractivity contribution < 1.29 is 13.2 Å². The molecule has 1 fully saturated rings. The van der Waals surface area contributed by atoms with Crippen molar-refractivity contribution in [3.05, 3.63) is 29.8 Å². The van der Waals surface area contributed by atoms with E-state index in [4.69, 9.17) is 0 Å². The zero-order valence-corrected chi connectivity index (χ0v) is 16.5. The van der Waals surface area contributed by atoms with Crippen LogP contribution in [0.3, 0.4) is 0 Å². The molecule has 2 rings (SSSR count). The van der Waals surface area contributed by atoms with Crippen LogP contribution in [0.5, 0.6) is 0 Å². The van der Waals surface area contributed by atoms with E-state index in [1.165, 1.54) is 0 Å².